The van der Waals surface area contributed by atoms with E-state index in [9.17, 15) is 13.2 Å². The Kier molecular flexibility index (Phi) is 4.40. The maximum atomic E-state index is 12.8. The van der Waals surface area contributed by atoms with Crippen LogP contribution >= 0.6 is 15.9 Å². The maximum Gasteiger partial charge on any atom is 0.189 e. The summed E-state index contributed by atoms with van der Waals surface area (Å²) in [5.74, 6) is 0.478. The van der Waals surface area contributed by atoms with Crippen LogP contribution in [0.2, 0.25) is 0 Å². The second-order valence-corrected chi connectivity index (χ2v) is 8.47. The second kappa shape index (κ2) is 6.22. The lowest BCUT2D eigenvalue weighted by Crippen LogP contribution is -2.27. The standard InChI is InChI=1S/C17H15BrO5S/c1-22-14-7-10-8-16(17(19)13(10)9-15(14)23-2)24(20,21)12-5-3-11(18)4-6-12/h3-7,9,16H,8H2,1-2H3/t16-/m0/s1. The average molecular weight is 411 g/mol. The van der Waals surface area contributed by atoms with E-state index in [4.69, 9.17) is 9.47 Å². The van der Waals surface area contributed by atoms with Gasteiger partial charge in [-0.2, -0.15) is 0 Å². The number of sulfone groups is 1. The fourth-order valence-electron chi connectivity index (χ4n) is 2.82. The van der Waals surface area contributed by atoms with Gasteiger partial charge in [0.15, 0.2) is 27.1 Å². The predicted molar refractivity (Wildman–Crippen MR) is 92.7 cm³/mol. The highest BCUT2D eigenvalue weighted by Crippen LogP contribution is 2.37. The number of carbonyl (C=O) groups is 1. The van der Waals surface area contributed by atoms with E-state index < -0.39 is 20.9 Å². The average Bonchev–Trinajstić information content (AvgIpc) is 2.90. The van der Waals surface area contributed by atoms with E-state index >= 15 is 0 Å². The van der Waals surface area contributed by atoms with E-state index in [0.29, 0.717) is 22.6 Å². The van der Waals surface area contributed by atoms with Gasteiger partial charge in [0.25, 0.3) is 0 Å². The van der Waals surface area contributed by atoms with Crippen molar-refractivity contribution < 1.29 is 22.7 Å². The van der Waals surface area contributed by atoms with Crippen LogP contribution in [0, 0.1) is 0 Å². The van der Waals surface area contributed by atoms with Crippen molar-refractivity contribution in [3.63, 3.8) is 0 Å². The van der Waals surface area contributed by atoms with Gasteiger partial charge in [-0.1, -0.05) is 15.9 Å². The maximum absolute atomic E-state index is 12.8. The lowest BCUT2D eigenvalue weighted by molar-refractivity contribution is 0.0997. The van der Waals surface area contributed by atoms with Crippen molar-refractivity contribution in [3.8, 4) is 11.5 Å². The van der Waals surface area contributed by atoms with Gasteiger partial charge in [0.05, 0.1) is 19.1 Å². The van der Waals surface area contributed by atoms with Gasteiger partial charge in [0, 0.05) is 10.0 Å². The van der Waals surface area contributed by atoms with E-state index in [1.807, 2.05) is 0 Å². The van der Waals surface area contributed by atoms with E-state index in [1.165, 1.54) is 26.4 Å². The number of rotatable bonds is 4. The summed E-state index contributed by atoms with van der Waals surface area (Å²) in [7, 11) is -0.794. The van der Waals surface area contributed by atoms with Crippen LogP contribution in [0.3, 0.4) is 0 Å². The molecular formula is C17H15BrO5S. The number of fused-ring (bicyclic) bond motifs is 1. The quantitative estimate of drug-likeness (QED) is 0.774. The summed E-state index contributed by atoms with van der Waals surface area (Å²) >= 11 is 3.27. The number of ketones is 1. The molecular weight excluding hydrogens is 396 g/mol. The Labute approximate surface area is 148 Å². The number of hydrogen-bond acceptors (Lipinski definition) is 5. The molecule has 1 aliphatic rings. The second-order valence-electron chi connectivity index (χ2n) is 5.42. The Morgan fingerprint density at radius 2 is 1.62 bits per heavy atom. The van der Waals surface area contributed by atoms with Crippen LogP contribution in [0.4, 0.5) is 0 Å². The molecule has 2 aromatic rings. The lowest BCUT2D eigenvalue weighted by Gasteiger charge is -2.10. The fourth-order valence-corrected chi connectivity index (χ4v) is 4.74. The van der Waals surface area contributed by atoms with Crippen molar-refractivity contribution in [1.29, 1.82) is 0 Å². The topological polar surface area (TPSA) is 69.7 Å². The lowest BCUT2D eigenvalue weighted by atomic mass is 10.1. The smallest absolute Gasteiger partial charge is 0.189 e. The van der Waals surface area contributed by atoms with Gasteiger partial charge in [-0.3, -0.25) is 4.79 Å². The number of hydrogen-bond donors (Lipinski definition) is 0. The summed E-state index contributed by atoms with van der Waals surface area (Å²) in [4.78, 5) is 12.8. The van der Waals surface area contributed by atoms with Crippen molar-refractivity contribution in [2.45, 2.75) is 16.6 Å². The molecule has 0 saturated carbocycles. The molecule has 3 rings (SSSR count). The number of benzene rings is 2. The van der Waals surface area contributed by atoms with Crippen LogP contribution in [-0.4, -0.2) is 33.7 Å². The van der Waals surface area contributed by atoms with Gasteiger partial charge in [0.2, 0.25) is 0 Å². The van der Waals surface area contributed by atoms with Crippen molar-refractivity contribution in [1.82, 2.24) is 0 Å². The van der Waals surface area contributed by atoms with Crippen LogP contribution in [-0.2, 0) is 16.3 Å². The summed E-state index contributed by atoms with van der Waals surface area (Å²) in [5.41, 5.74) is 1.03. The molecule has 0 fully saturated rings. The Morgan fingerprint density at radius 3 is 2.21 bits per heavy atom. The third-order valence-electron chi connectivity index (χ3n) is 4.09. The number of carbonyl (C=O) groups excluding carboxylic acids is 1. The van der Waals surface area contributed by atoms with Gasteiger partial charge in [-0.25, -0.2) is 8.42 Å². The van der Waals surface area contributed by atoms with Gasteiger partial charge < -0.3 is 9.47 Å². The minimum absolute atomic E-state index is 0.132. The molecule has 0 saturated heterocycles. The molecule has 0 N–H and O–H groups in total. The summed E-state index contributed by atoms with van der Waals surface area (Å²) in [6.07, 6.45) is 0.132. The van der Waals surface area contributed by atoms with Crippen molar-refractivity contribution in [2.24, 2.45) is 0 Å². The first-order chi connectivity index (χ1) is 11.4. The molecule has 0 bridgehead atoms. The monoisotopic (exact) mass is 410 g/mol. The number of Topliss-reactive ketones (excluding diaryl/α,β-unsaturated/α-hetero) is 1. The zero-order valence-electron chi connectivity index (χ0n) is 13.1. The summed E-state index contributed by atoms with van der Waals surface area (Å²) < 4.78 is 36.9. The minimum atomic E-state index is -3.76. The van der Waals surface area contributed by atoms with Crippen molar-refractivity contribution in [3.05, 3.63) is 52.0 Å². The summed E-state index contributed by atoms with van der Waals surface area (Å²) in [6, 6.07) is 9.50. The summed E-state index contributed by atoms with van der Waals surface area (Å²) in [6.45, 7) is 0. The third kappa shape index (κ3) is 2.71. The molecule has 5 nitrogen and oxygen atoms in total. The first-order valence-corrected chi connectivity index (χ1v) is 9.51. The molecule has 2 aromatic carbocycles. The van der Waals surface area contributed by atoms with Gasteiger partial charge >= 0.3 is 0 Å². The highest BCUT2D eigenvalue weighted by molar-refractivity contribution is 9.10. The first-order valence-electron chi connectivity index (χ1n) is 7.17. The normalized spacial score (nSPS) is 16.8. The van der Waals surface area contributed by atoms with Crippen molar-refractivity contribution in [2.75, 3.05) is 14.2 Å². The van der Waals surface area contributed by atoms with E-state index in [1.54, 1.807) is 24.3 Å². The zero-order chi connectivity index (χ0) is 17.5. The largest absolute Gasteiger partial charge is 0.493 e. The Morgan fingerprint density at radius 1 is 1.04 bits per heavy atom. The minimum Gasteiger partial charge on any atom is -0.493 e. The van der Waals surface area contributed by atoms with Crippen LogP contribution in [0.25, 0.3) is 0 Å². The molecule has 7 heteroatoms. The van der Waals surface area contributed by atoms with Crippen LogP contribution < -0.4 is 9.47 Å². The Hall–Kier alpha value is -1.86. The van der Waals surface area contributed by atoms with Crippen LogP contribution in [0.5, 0.6) is 11.5 Å². The molecule has 1 atom stereocenters. The molecule has 0 heterocycles. The number of methoxy groups -OCH3 is 2. The summed E-state index contributed by atoms with van der Waals surface area (Å²) in [5, 5.41) is -1.12. The van der Waals surface area contributed by atoms with E-state index in [0.717, 1.165) is 4.47 Å². The Bertz CT molecular complexity index is 903. The van der Waals surface area contributed by atoms with E-state index in [-0.39, 0.29) is 11.3 Å². The molecule has 1 aliphatic carbocycles. The Balaban J connectivity index is 2.03. The number of halogens is 1. The third-order valence-corrected chi connectivity index (χ3v) is 6.68. The molecule has 0 unspecified atom stereocenters. The molecule has 0 aromatic heterocycles. The zero-order valence-corrected chi connectivity index (χ0v) is 15.5. The van der Waals surface area contributed by atoms with Gasteiger partial charge in [0.1, 0.15) is 5.25 Å². The highest BCUT2D eigenvalue weighted by atomic mass is 79.9. The molecule has 24 heavy (non-hydrogen) atoms. The molecule has 0 aliphatic heterocycles. The predicted octanol–water partition coefficient (Wildman–Crippen LogP) is 3.05. The molecule has 0 spiro atoms. The molecule has 0 amide bonds. The van der Waals surface area contributed by atoms with Crippen molar-refractivity contribution >= 4 is 31.6 Å². The fraction of sp³-hybridized carbons (Fsp3) is 0.235. The number of ether oxygens (including phenoxy) is 2. The first kappa shape index (κ1) is 17.0. The molecule has 0 radical (unpaired) electrons. The van der Waals surface area contributed by atoms with E-state index in [2.05, 4.69) is 15.9 Å². The van der Waals surface area contributed by atoms with Crippen LogP contribution in [0.15, 0.2) is 45.8 Å². The van der Waals surface area contributed by atoms with Crippen LogP contribution in [0.1, 0.15) is 15.9 Å². The SMILES string of the molecule is COc1cc2c(cc1OC)C(=O)[C@@H](S(=O)(=O)c1ccc(Br)cc1)C2. The van der Waals surface area contributed by atoms with Gasteiger partial charge in [-0.15, -0.1) is 0 Å². The highest BCUT2D eigenvalue weighted by Gasteiger charge is 2.41. The van der Waals surface area contributed by atoms with Gasteiger partial charge in [-0.05, 0) is 48.4 Å². The molecule has 126 valence electrons.